The van der Waals surface area contributed by atoms with Gasteiger partial charge in [0.15, 0.2) is 0 Å². The van der Waals surface area contributed by atoms with Gasteiger partial charge >= 0.3 is 0 Å². The largest absolute Gasteiger partial charge is 0.321 e. The van der Waals surface area contributed by atoms with Crippen LogP contribution in [0.1, 0.15) is 27.7 Å². The number of rotatable bonds is 6. The van der Waals surface area contributed by atoms with E-state index in [2.05, 4.69) is 21.2 Å². The van der Waals surface area contributed by atoms with E-state index in [0.717, 1.165) is 25.8 Å². The molecular weight excluding hydrogens is 520 g/mol. The molecule has 33 heavy (non-hydrogen) atoms. The quantitative estimate of drug-likeness (QED) is 0.293. The third kappa shape index (κ3) is 4.83. The van der Waals surface area contributed by atoms with Crippen LogP contribution in [-0.2, 0) is 10.0 Å². The van der Waals surface area contributed by atoms with E-state index in [-0.39, 0.29) is 17.3 Å². The molecule has 0 saturated heterocycles. The zero-order valence-electron chi connectivity index (χ0n) is 18.4. The second kappa shape index (κ2) is 9.29. The molecule has 4 rings (SSSR count). The number of halogens is 1. The maximum atomic E-state index is 13.2. The molecule has 1 N–H and O–H groups in total. The summed E-state index contributed by atoms with van der Waals surface area (Å²) in [5, 5.41) is 3.77. The standard InChI is InChI=1S/C25H23BrN2O3S2/c1-4-28(33(30,31)22-10-6-19(26)7-11-22)21-9-12-23-18(14-21)15-24(32-23)25(29)27-20-8-5-16(2)17(3)13-20/h5-15H,4H2,1-3H3,(H,27,29). The van der Waals surface area contributed by atoms with E-state index in [1.54, 1.807) is 43.3 Å². The van der Waals surface area contributed by atoms with Crippen LogP contribution in [0.4, 0.5) is 11.4 Å². The summed E-state index contributed by atoms with van der Waals surface area (Å²) < 4.78 is 29.6. The predicted molar refractivity (Wildman–Crippen MR) is 140 cm³/mol. The van der Waals surface area contributed by atoms with Crippen molar-refractivity contribution in [1.29, 1.82) is 0 Å². The Morgan fingerprint density at radius 1 is 0.970 bits per heavy atom. The fourth-order valence-electron chi connectivity index (χ4n) is 3.53. The van der Waals surface area contributed by atoms with E-state index in [9.17, 15) is 13.2 Å². The van der Waals surface area contributed by atoms with E-state index in [0.29, 0.717) is 10.6 Å². The minimum Gasteiger partial charge on any atom is -0.321 e. The Balaban J connectivity index is 1.63. The molecule has 0 aliphatic carbocycles. The van der Waals surface area contributed by atoms with Gasteiger partial charge in [-0.1, -0.05) is 22.0 Å². The molecule has 170 valence electrons. The molecular formula is C25H23BrN2O3S2. The van der Waals surface area contributed by atoms with Crippen LogP contribution in [0.2, 0.25) is 0 Å². The SMILES string of the molecule is CCN(c1ccc2sc(C(=O)Nc3ccc(C)c(C)c3)cc2c1)S(=O)(=O)c1ccc(Br)cc1. The van der Waals surface area contributed by atoms with Crippen LogP contribution in [0.3, 0.4) is 0 Å². The van der Waals surface area contributed by atoms with E-state index < -0.39 is 10.0 Å². The van der Waals surface area contributed by atoms with Crippen molar-refractivity contribution in [3.05, 3.63) is 87.2 Å². The molecule has 0 atom stereocenters. The van der Waals surface area contributed by atoms with Crippen molar-refractivity contribution in [1.82, 2.24) is 0 Å². The maximum Gasteiger partial charge on any atom is 0.265 e. The first kappa shape index (κ1) is 23.5. The van der Waals surface area contributed by atoms with Crippen LogP contribution in [0, 0.1) is 13.8 Å². The first-order valence-electron chi connectivity index (χ1n) is 10.4. The molecule has 4 aromatic rings. The highest BCUT2D eigenvalue weighted by Gasteiger charge is 2.24. The molecule has 5 nitrogen and oxygen atoms in total. The molecule has 3 aromatic carbocycles. The fourth-order valence-corrected chi connectivity index (χ4v) is 6.20. The first-order valence-corrected chi connectivity index (χ1v) is 13.4. The molecule has 0 spiro atoms. The average molecular weight is 544 g/mol. The summed E-state index contributed by atoms with van der Waals surface area (Å²) in [5.74, 6) is -0.184. The van der Waals surface area contributed by atoms with Gasteiger partial charge in [-0.15, -0.1) is 11.3 Å². The number of hydrogen-bond donors (Lipinski definition) is 1. The predicted octanol–water partition coefficient (Wildman–Crippen LogP) is 6.75. The second-order valence-electron chi connectivity index (χ2n) is 7.71. The number of thiophene rings is 1. The third-order valence-corrected chi connectivity index (χ3v) is 9.03. The lowest BCUT2D eigenvalue weighted by atomic mass is 10.1. The number of amides is 1. The van der Waals surface area contributed by atoms with Crippen molar-refractivity contribution in [3.63, 3.8) is 0 Å². The monoisotopic (exact) mass is 542 g/mol. The first-order chi connectivity index (χ1) is 15.7. The molecule has 8 heteroatoms. The van der Waals surface area contributed by atoms with E-state index in [1.807, 2.05) is 44.2 Å². The highest BCUT2D eigenvalue weighted by atomic mass is 79.9. The number of benzene rings is 3. The van der Waals surface area contributed by atoms with Crippen molar-refractivity contribution in [2.75, 3.05) is 16.2 Å². The van der Waals surface area contributed by atoms with Crippen LogP contribution >= 0.6 is 27.3 Å². The lowest BCUT2D eigenvalue weighted by Crippen LogP contribution is -2.30. The number of hydrogen-bond acceptors (Lipinski definition) is 4. The Bertz CT molecular complexity index is 1440. The smallest absolute Gasteiger partial charge is 0.265 e. The number of anilines is 2. The van der Waals surface area contributed by atoms with Gasteiger partial charge in [0, 0.05) is 21.4 Å². The Hall–Kier alpha value is -2.68. The van der Waals surface area contributed by atoms with Gasteiger partial charge in [-0.3, -0.25) is 9.10 Å². The summed E-state index contributed by atoms with van der Waals surface area (Å²) in [6, 6.07) is 19.7. The molecule has 1 aromatic heterocycles. The minimum atomic E-state index is -3.71. The topological polar surface area (TPSA) is 66.5 Å². The summed E-state index contributed by atoms with van der Waals surface area (Å²) in [4.78, 5) is 13.6. The van der Waals surface area contributed by atoms with Gasteiger partial charge in [-0.2, -0.15) is 0 Å². The van der Waals surface area contributed by atoms with Crippen LogP contribution < -0.4 is 9.62 Å². The molecule has 0 fully saturated rings. The number of nitrogens with zero attached hydrogens (tertiary/aromatic N) is 1. The van der Waals surface area contributed by atoms with Gasteiger partial charge in [0.1, 0.15) is 0 Å². The van der Waals surface area contributed by atoms with Crippen molar-refractivity contribution < 1.29 is 13.2 Å². The Labute approximate surface area is 206 Å². The summed E-state index contributed by atoms with van der Waals surface area (Å²) in [6.45, 7) is 6.12. The molecule has 1 amide bonds. The number of nitrogens with one attached hydrogen (secondary N) is 1. The lowest BCUT2D eigenvalue weighted by molar-refractivity contribution is 0.103. The summed E-state index contributed by atoms with van der Waals surface area (Å²) >= 11 is 4.72. The molecule has 0 aliphatic heterocycles. The van der Waals surface area contributed by atoms with Crippen LogP contribution in [-0.4, -0.2) is 20.9 Å². The van der Waals surface area contributed by atoms with Crippen molar-refractivity contribution in [2.45, 2.75) is 25.7 Å². The molecule has 0 unspecified atom stereocenters. The van der Waals surface area contributed by atoms with E-state index in [4.69, 9.17) is 0 Å². The van der Waals surface area contributed by atoms with Gasteiger partial charge in [-0.05, 0) is 97.9 Å². The number of fused-ring (bicyclic) bond motifs is 1. The van der Waals surface area contributed by atoms with Gasteiger partial charge < -0.3 is 5.32 Å². The fraction of sp³-hybridized carbons (Fsp3) is 0.160. The highest BCUT2D eigenvalue weighted by Crippen LogP contribution is 2.32. The van der Waals surface area contributed by atoms with Crippen molar-refractivity contribution in [3.8, 4) is 0 Å². The lowest BCUT2D eigenvalue weighted by Gasteiger charge is -2.23. The van der Waals surface area contributed by atoms with Gasteiger partial charge in [-0.25, -0.2) is 8.42 Å². The molecule has 0 bridgehead atoms. The molecule has 1 heterocycles. The second-order valence-corrected chi connectivity index (χ2v) is 11.6. The van der Waals surface area contributed by atoms with Crippen LogP contribution in [0.25, 0.3) is 10.1 Å². The number of carbonyl (C=O) groups excluding carboxylic acids is 1. The zero-order valence-corrected chi connectivity index (χ0v) is 21.6. The third-order valence-electron chi connectivity index (χ3n) is 5.47. The van der Waals surface area contributed by atoms with Gasteiger partial charge in [0.2, 0.25) is 0 Å². The molecule has 0 radical (unpaired) electrons. The Kier molecular flexibility index (Phi) is 6.61. The normalized spacial score (nSPS) is 11.5. The Morgan fingerprint density at radius 3 is 2.36 bits per heavy atom. The summed E-state index contributed by atoms with van der Waals surface area (Å²) in [5.41, 5.74) is 3.59. The van der Waals surface area contributed by atoms with Gasteiger partial charge in [0.05, 0.1) is 15.5 Å². The van der Waals surface area contributed by atoms with E-state index in [1.165, 1.54) is 21.2 Å². The molecule has 0 saturated carbocycles. The van der Waals surface area contributed by atoms with Gasteiger partial charge in [0.25, 0.3) is 15.9 Å². The maximum absolute atomic E-state index is 13.2. The number of sulfonamides is 1. The Morgan fingerprint density at radius 2 is 1.70 bits per heavy atom. The average Bonchev–Trinajstić information content (AvgIpc) is 3.21. The van der Waals surface area contributed by atoms with Crippen LogP contribution in [0.5, 0.6) is 0 Å². The summed E-state index contributed by atoms with van der Waals surface area (Å²) in [6.07, 6.45) is 0. The zero-order chi connectivity index (χ0) is 23.8. The van der Waals surface area contributed by atoms with Crippen LogP contribution in [0.15, 0.2) is 76.1 Å². The van der Waals surface area contributed by atoms with E-state index >= 15 is 0 Å². The number of carbonyl (C=O) groups is 1. The van der Waals surface area contributed by atoms with Crippen molar-refractivity contribution >= 4 is 64.7 Å². The highest BCUT2D eigenvalue weighted by molar-refractivity contribution is 9.10. The minimum absolute atomic E-state index is 0.184. The summed E-state index contributed by atoms with van der Waals surface area (Å²) in [7, 11) is -3.71. The van der Waals surface area contributed by atoms with Crippen molar-refractivity contribution in [2.24, 2.45) is 0 Å². The molecule has 0 aliphatic rings. The number of aryl methyl sites for hydroxylation is 2.